The average Bonchev–Trinajstić information content (AvgIpc) is 2.61. The van der Waals surface area contributed by atoms with Gasteiger partial charge in [0.25, 0.3) is 5.91 Å². The van der Waals surface area contributed by atoms with Gasteiger partial charge < -0.3 is 14.4 Å². The molecule has 0 bridgehead atoms. The van der Waals surface area contributed by atoms with Gasteiger partial charge in [-0.2, -0.15) is 0 Å². The number of esters is 1. The highest BCUT2D eigenvalue weighted by molar-refractivity contribution is 9.10. The Hall–Kier alpha value is -2.34. The first-order valence-corrected chi connectivity index (χ1v) is 8.68. The monoisotopic (exact) mass is 405 g/mol. The second kappa shape index (κ2) is 9.22. The quantitative estimate of drug-likeness (QED) is 0.659. The summed E-state index contributed by atoms with van der Waals surface area (Å²) in [5.74, 6) is -0.264. The van der Waals surface area contributed by atoms with Crippen molar-refractivity contribution >= 4 is 27.8 Å². The Labute approximate surface area is 155 Å². The summed E-state index contributed by atoms with van der Waals surface area (Å²) in [6.07, 6.45) is 0. The summed E-state index contributed by atoms with van der Waals surface area (Å²) in [5.41, 5.74) is 1.38. The van der Waals surface area contributed by atoms with Crippen LogP contribution in [0.5, 0.6) is 5.75 Å². The summed E-state index contributed by atoms with van der Waals surface area (Å²) in [7, 11) is 1.56. The first-order chi connectivity index (χ1) is 12.0. The Bertz CT molecular complexity index is 748. The Morgan fingerprint density at radius 1 is 1.08 bits per heavy atom. The van der Waals surface area contributed by atoms with Crippen LogP contribution >= 0.6 is 15.9 Å². The molecule has 0 aliphatic rings. The van der Waals surface area contributed by atoms with Crippen molar-refractivity contribution in [3.63, 3.8) is 0 Å². The highest BCUT2D eigenvalue weighted by atomic mass is 79.9. The molecule has 0 spiro atoms. The standard InChI is InChI=1S/C19H20BrNO4/c1-3-24-18(22)12-21(2)19(23)15-9-5-7-11-17(15)25-13-14-8-4-6-10-16(14)20/h4-11H,3,12-13H2,1-2H3. The topological polar surface area (TPSA) is 55.8 Å². The van der Waals surface area contributed by atoms with Crippen molar-refractivity contribution in [2.45, 2.75) is 13.5 Å². The van der Waals surface area contributed by atoms with Crippen LogP contribution in [0.3, 0.4) is 0 Å². The van der Waals surface area contributed by atoms with E-state index in [1.54, 1.807) is 38.2 Å². The molecule has 0 saturated heterocycles. The van der Waals surface area contributed by atoms with E-state index in [2.05, 4.69) is 15.9 Å². The summed E-state index contributed by atoms with van der Waals surface area (Å²) in [6, 6.07) is 14.7. The van der Waals surface area contributed by atoms with Gasteiger partial charge in [-0.15, -0.1) is 0 Å². The van der Waals surface area contributed by atoms with Crippen molar-refractivity contribution in [3.05, 3.63) is 64.1 Å². The highest BCUT2D eigenvalue weighted by Gasteiger charge is 2.19. The van der Waals surface area contributed by atoms with Crippen LogP contribution in [0.1, 0.15) is 22.8 Å². The van der Waals surface area contributed by atoms with E-state index in [0.717, 1.165) is 10.0 Å². The lowest BCUT2D eigenvalue weighted by Crippen LogP contribution is -2.33. The lowest BCUT2D eigenvalue weighted by Gasteiger charge is -2.18. The van der Waals surface area contributed by atoms with Crippen molar-refractivity contribution < 1.29 is 19.1 Å². The van der Waals surface area contributed by atoms with Gasteiger partial charge in [0.1, 0.15) is 18.9 Å². The van der Waals surface area contributed by atoms with Crippen LogP contribution in [0.4, 0.5) is 0 Å². The van der Waals surface area contributed by atoms with E-state index < -0.39 is 5.97 Å². The van der Waals surface area contributed by atoms with E-state index >= 15 is 0 Å². The van der Waals surface area contributed by atoms with Crippen molar-refractivity contribution in [2.24, 2.45) is 0 Å². The Morgan fingerprint density at radius 3 is 2.48 bits per heavy atom. The minimum absolute atomic E-state index is 0.106. The molecule has 0 atom stereocenters. The number of benzene rings is 2. The number of hydrogen-bond donors (Lipinski definition) is 0. The van der Waals surface area contributed by atoms with Gasteiger partial charge in [0.15, 0.2) is 0 Å². The van der Waals surface area contributed by atoms with Gasteiger partial charge in [-0.3, -0.25) is 9.59 Å². The molecule has 1 amide bonds. The van der Waals surface area contributed by atoms with Gasteiger partial charge in [0, 0.05) is 17.1 Å². The first kappa shape index (κ1) is 19.0. The van der Waals surface area contributed by atoms with E-state index in [0.29, 0.717) is 17.9 Å². The van der Waals surface area contributed by atoms with Crippen LogP contribution < -0.4 is 4.74 Å². The van der Waals surface area contributed by atoms with Gasteiger partial charge in [-0.25, -0.2) is 0 Å². The fourth-order valence-electron chi connectivity index (χ4n) is 2.22. The lowest BCUT2D eigenvalue weighted by molar-refractivity contribution is -0.143. The fourth-order valence-corrected chi connectivity index (χ4v) is 2.62. The molecule has 25 heavy (non-hydrogen) atoms. The Morgan fingerprint density at radius 2 is 1.76 bits per heavy atom. The summed E-state index contributed by atoms with van der Waals surface area (Å²) >= 11 is 3.48. The molecule has 2 aromatic carbocycles. The maximum atomic E-state index is 12.6. The summed E-state index contributed by atoms with van der Waals surface area (Å²) in [5, 5.41) is 0. The average molecular weight is 406 g/mol. The lowest BCUT2D eigenvalue weighted by atomic mass is 10.1. The zero-order chi connectivity index (χ0) is 18.2. The number of likely N-dealkylation sites (N-methyl/N-ethyl adjacent to an activating group) is 1. The fraction of sp³-hybridized carbons (Fsp3) is 0.263. The van der Waals surface area contributed by atoms with Crippen molar-refractivity contribution in [1.29, 1.82) is 0 Å². The number of nitrogens with zero attached hydrogens (tertiary/aromatic N) is 1. The predicted molar refractivity (Wildman–Crippen MR) is 98.5 cm³/mol. The normalized spacial score (nSPS) is 10.2. The third kappa shape index (κ3) is 5.32. The smallest absolute Gasteiger partial charge is 0.325 e. The van der Waals surface area contributed by atoms with Crippen molar-refractivity contribution in [3.8, 4) is 5.75 Å². The third-order valence-electron chi connectivity index (χ3n) is 3.48. The summed E-state index contributed by atoms with van der Waals surface area (Å²) < 4.78 is 11.7. The molecule has 0 saturated carbocycles. The van der Waals surface area contributed by atoms with Gasteiger partial charge in [-0.1, -0.05) is 46.3 Å². The van der Waals surface area contributed by atoms with Crippen LogP contribution in [0.15, 0.2) is 53.0 Å². The van der Waals surface area contributed by atoms with E-state index in [1.807, 2.05) is 24.3 Å². The third-order valence-corrected chi connectivity index (χ3v) is 4.25. The molecule has 0 aliphatic heterocycles. The molecule has 2 rings (SSSR count). The largest absolute Gasteiger partial charge is 0.488 e. The summed E-state index contributed by atoms with van der Waals surface area (Å²) in [6.45, 7) is 2.23. The number of carbonyl (C=O) groups is 2. The highest BCUT2D eigenvalue weighted by Crippen LogP contribution is 2.23. The van der Waals surface area contributed by atoms with Gasteiger partial charge in [0.05, 0.1) is 12.2 Å². The van der Waals surface area contributed by atoms with Gasteiger partial charge >= 0.3 is 5.97 Å². The van der Waals surface area contributed by atoms with E-state index in [9.17, 15) is 9.59 Å². The van der Waals surface area contributed by atoms with E-state index in [4.69, 9.17) is 9.47 Å². The Kier molecular flexibility index (Phi) is 7.01. The molecule has 5 nitrogen and oxygen atoms in total. The predicted octanol–water partition coefficient (Wildman–Crippen LogP) is 3.66. The number of para-hydroxylation sites is 1. The molecule has 0 aliphatic carbocycles. The zero-order valence-corrected chi connectivity index (χ0v) is 15.8. The van der Waals surface area contributed by atoms with Crippen LogP contribution in [-0.4, -0.2) is 37.0 Å². The number of carbonyl (C=O) groups excluding carboxylic acids is 2. The molecular weight excluding hydrogens is 386 g/mol. The second-order valence-electron chi connectivity index (χ2n) is 5.34. The molecule has 0 aromatic heterocycles. The molecule has 0 radical (unpaired) electrons. The molecular formula is C19H20BrNO4. The zero-order valence-electron chi connectivity index (χ0n) is 14.2. The summed E-state index contributed by atoms with van der Waals surface area (Å²) in [4.78, 5) is 25.5. The van der Waals surface area contributed by atoms with Crippen LogP contribution in [0.2, 0.25) is 0 Å². The van der Waals surface area contributed by atoms with Gasteiger partial charge in [-0.05, 0) is 25.1 Å². The molecule has 0 N–H and O–H groups in total. The maximum absolute atomic E-state index is 12.6. The molecule has 0 fully saturated rings. The molecule has 0 unspecified atom stereocenters. The number of ether oxygens (including phenoxy) is 2. The number of halogens is 1. The van der Waals surface area contributed by atoms with Crippen molar-refractivity contribution in [1.82, 2.24) is 4.90 Å². The SMILES string of the molecule is CCOC(=O)CN(C)C(=O)c1ccccc1OCc1ccccc1Br. The van der Waals surface area contributed by atoms with Crippen LogP contribution in [0.25, 0.3) is 0 Å². The van der Waals surface area contributed by atoms with Gasteiger partial charge in [0.2, 0.25) is 0 Å². The molecule has 132 valence electrons. The number of rotatable bonds is 7. The van der Waals surface area contributed by atoms with Crippen molar-refractivity contribution in [2.75, 3.05) is 20.2 Å². The maximum Gasteiger partial charge on any atom is 0.325 e. The van der Waals surface area contributed by atoms with Crippen LogP contribution in [0, 0.1) is 0 Å². The Balaban J connectivity index is 2.10. The van der Waals surface area contributed by atoms with E-state index in [-0.39, 0.29) is 19.1 Å². The number of amides is 1. The molecule has 2 aromatic rings. The number of hydrogen-bond acceptors (Lipinski definition) is 4. The van der Waals surface area contributed by atoms with E-state index in [1.165, 1.54) is 4.90 Å². The molecule has 6 heteroatoms. The second-order valence-corrected chi connectivity index (χ2v) is 6.20. The first-order valence-electron chi connectivity index (χ1n) is 7.89. The minimum Gasteiger partial charge on any atom is -0.488 e. The molecule has 0 heterocycles. The van der Waals surface area contributed by atoms with Crippen LogP contribution in [-0.2, 0) is 16.1 Å². The minimum atomic E-state index is -0.440.